The van der Waals surface area contributed by atoms with Crippen LogP contribution in [0.4, 0.5) is 0 Å². The van der Waals surface area contributed by atoms with E-state index in [0.29, 0.717) is 16.8 Å². The van der Waals surface area contributed by atoms with Gasteiger partial charge in [-0.1, -0.05) is 6.92 Å². The van der Waals surface area contributed by atoms with E-state index in [1.54, 1.807) is 17.0 Å². The molecule has 3 nitrogen and oxygen atoms in total. The molecule has 0 amide bonds. The molecule has 0 aliphatic rings. The maximum Gasteiger partial charge on any atom is 0.283 e. The van der Waals surface area contributed by atoms with Crippen LogP contribution in [0.5, 0.6) is 0 Å². The van der Waals surface area contributed by atoms with Gasteiger partial charge in [-0.15, -0.1) is 23.4 Å². The molecular formula is C11H17ClN2OS. The zero-order chi connectivity index (χ0) is 12.1. The Labute approximate surface area is 105 Å². The van der Waals surface area contributed by atoms with Gasteiger partial charge in [0.1, 0.15) is 0 Å². The largest absolute Gasteiger partial charge is 0.309 e. The molecule has 0 N–H and O–H groups in total. The van der Waals surface area contributed by atoms with Crippen LogP contribution in [0.3, 0.4) is 0 Å². The molecule has 0 aromatic carbocycles. The fourth-order valence-corrected chi connectivity index (χ4v) is 2.34. The lowest BCUT2D eigenvalue weighted by Crippen LogP contribution is -2.23. The molecule has 1 atom stereocenters. The van der Waals surface area contributed by atoms with E-state index in [9.17, 15) is 4.79 Å². The van der Waals surface area contributed by atoms with E-state index in [2.05, 4.69) is 11.9 Å². The van der Waals surface area contributed by atoms with E-state index in [4.69, 9.17) is 11.6 Å². The van der Waals surface area contributed by atoms with Crippen molar-refractivity contribution in [3.63, 3.8) is 0 Å². The van der Waals surface area contributed by atoms with Crippen LogP contribution in [0.25, 0.3) is 0 Å². The van der Waals surface area contributed by atoms with Crippen LogP contribution in [0, 0.1) is 5.92 Å². The van der Waals surface area contributed by atoms with Crippen LogP contribution in [-0.4, -0.2) is 21.2 Å². The maximum absolute atomic E-state index is 12.0. The summed E-state index contributed by atoms with van der Waals surface area (Å²) in [6.45, 7) is 6.03. The summed E-state index contributed by atoms with van der Waals surface area (Å²) in [5, 5.41) is 0.563. The predicted octanol–water partition coefficient (Wildman–Crippen LogP) is 2.79. The monoisotopic (exact) mass is 260 g/mol. The fourth-order valence-electron chi connectivity index (χ4n) is 1.18. The molecule has 5 heteroatoms. The van der Waals surface area contributed by atoms with Crippen molar-refractivity contribution < 1.29 is 0 Å². The Morgan fingerprint density at radius 3 is 2.75 bits per heavy atom. The van der Waals surface area contributed by atoms with E-state index in [-0.39, 0.29) is 11.6 Å². The Hall–Kier alpha value is -0.480. The average molecular weight is 261 g/mol. The first kappa shape index (κ1) is 13.6. The summed E-state index contributed by atoms with van der Waals surface area (Å²) in [5.74, 6) is 1.83. The lowest BCUT2D eigenvalue weighted by molar-refractivity contribution is 0.561. The summed E-state index contributed by atoms with van der Waals surface area (Å²) in [7, 11) is 0. The van der Waals surface area contributed by atoms with Crippen molar-refractivity contribution in [3.8, 4) is 0 Å². The molecule has 1 unspecified atom stereocenters. The second-order valence-electron chi connectivity index (χ2n) is 4.11. The first-order valence-electron chi connectivity index (χ1n) is 5.32. The summed E-state index contributed by atoms with van der Waals surface area (Å²) >= 11 is 7.21. The van der Waals surface area contributed by atoms with Gasteiger partial charge in [0.05, 0.1) is 0 Å². The minimum absolute atomic E-state index is 0.00993. The summed E-state index contributed by atoms with van der Waals surface area (Å²) in [5.41, 5.74) is -0.00993. The highest BCUT2D eigenvalue weighted by Gasteiger charge is 2.09. The van der Waals surface area contributed by atoms with Crippen molar-refractivity contribution in [1.82, 2.24) is 9.55 Å². The van der Waals surface area contributed by atoms with Crippen molar-refractivity contribution in [2.24, 2.45) is 5.92 Å². The van der Waals surface area contributed by atoms with Crippen LogP contribution in [0.15, 0.2) is 22.2 Å². The van der Waals surface area contributed by atoms with Crippen molar-refractivity contribution in [2.75, 3.05) is 11.6 Å². The molecule has 0 saturated carbocycles. The van der Waals surface area contributed by atoms with Crippen LogP contribution in [0.2, 0.25) is 0 Å². The number of nitrogens with zero attached hydrogens (tertiary/aromatic N) is 2. The second kappa shape index (κ2) is 6.30. The normalized spacial score (nSPS) is 13.1. The fraction of sp³-hybridized carbons (Fsp3) is 0.636. The molecule has 16 heavy (non-hydrogen) atoms. The van der Waals surface area contributed by atoms with Crippen LogP contribution in [0.1, 0.15) is 26.8 Å². The van der Waals surface area contributed by atoms with Crippen LogP contribution < -0.4 is 5.56 Å². The van der Waals surface area contributed by atoms with Gasteiger partial charge in [0, 0.05) is 30.1 Å². The average Bonchev–Trinajstić information content (AvgIpc) is 2.26. The van der Waals surface area contributed by atoms with E-state index < -0.39 is 0 Å². The lowest BCUT2D eigenvalue weighted by Gasteiger charge is -2.11. The summed E-state index contributed by atoms with van der Waals surface area (Å²) in [6, 6.07) is 0.167. The van der Waals surface area contributed by atoms with Gasteiger partial charge in [0.25, 0.3) is 5.56 Å². The Bertz CT molecular complexity index is 392. The highest BCUT2D eigenvalue weighted by molar-refractivity contribution is 7.99. The molecule has 0 aliphatic heterocycles. The number of aromatic nitrogens is 2. The minimum Gasteiger partial charge on any atom is -0.309 e. The van der Waals surface area contributed by atoms with Gasteiger partial charge in [0.15, 0.2) is 5.03 Å². The van der Waals surface area contributed by atoms with Gasteiger partial charge in [-0.3, -0.25) is 4.79 Å². The zero-order valence-electron chi connectivity index (χ0n) is 9.81. The first-order valence-corrected chi connectivity index (χ1v) is 6.84. The van der Waals surface area contributed by atoms with E-state index in [1.807, 2.05) is 13.8 Å². The Balaban J connectivity index is 2.82. The smallest absolute Gasteiger partial charge is 0.283 e. The highest BCUT2D eigenvalue weighted by atomic mass is 35.5. The van der Waals surface area contributed by atoms with Crippen molar-refractivity contribution in [2.45, 2.75) is 31.8 Å². The number of alkyl halides is 1. The Morgan fingerprint density at radius 2 is 2.19 bits per heavy atom. The Kier molecular flexibility index (Phi) is 5.35. The maximum atomic E-state index is 12.0. The van der Waals surface area contributed by atoms with E-state index >= 15 is 0 Å². The third-order valence-corrected chi connectivity index (χ3v) is 3.98. The quantitative estimate of drug-likeness (QED) is 0.603. The highest BCUT2D eigenvalue weighted by Crippen LogP contribution is 2.16. The molecule has 0 bridgehead atoms. The topological polar surface area (TPSA) is 34.9 Å². The molecule has 90 valence electrons. The zero-order valence-corrected chi connectivity index (χ0v) is 11.4. The lowest BCUT2D eigenvalue weighted by atomic mass is 10.3. The van der Waals surface area contributed by atoms with E-state index in [1.165, 1.54) is 11.8 Å². The molecule has 1 aromatic rings. The first-order chi connectivity index (χ1) is 7.56. The summed E-state index contributed by atoms with van der Waals surface area (Å²) in [4.78, 5) is 16.1. The van der Waals surface area contributed by atoms with Crippen LogP contribution >= 0.6 is 23.4 Å². The molecule has 1 rings (SSSR count). The number of thioether (sulfide) groups is 1. The Morgan fingerprint density at radius 1 is 1.50 bits per heavy atom. The number of hydrogen-bond donors (Lipinski definition) is 0. The number of halogens is 1. The van der Waals surface area contributed by atoms with Crippen molar-refractivity contribution in [3.05, 3.63) is 22.7 Å². The molecule has 0 aliphatic carbocycles. The predicted molar refractivity (Wildman–Crippen MR) is 69.5 cm³/mol. The number of hydrogen-bond acceptors (Lipinski definition) is 3. The van der Waals surface area contributed by atoms with E-state index in [0.717, 1.165) is 5.75 Å². The molecule has 0 spiro atoms. The van der Waals surface area contributed by atoms with Crippen molar-refractivity contribution in [1.29, 1.82) is 0 Å². The number of rotatable bonds is 5. The third-order valence-electron chi connectivity index (χ3n) is 2.16. The summed E-state index contributed by atoms with van der Waals surface area (Å²) in [6.07, 6.45) is 3.40. The minimum atomic E-state index is -0.00993. The van der Waals surface area contributed by atoms with Gasteiger partial charge in [-0.05, 0) is 19.8 Å². The molecule has 0 saturated heterocycles. The van der Waals surface area contributed by atoms with Gasteiger partial charge < -0.3 is 4.57 Å². The molecular weight excluding hydrogens is 244 g/mol. The van der Waals surface area contributed by atoms with Gasteiger partial charge in [-0.25, -0.2) is 4.98 Å². The third kappa shape index (κ3) is 3.52. The van der Waals surface area contributed by atoms with Gasteiger partial charge >= 0.3 is 0 Å². The summed E-state index contributed by atoms with van der Waals surface area (Å²) < 4.78 is 1.70. The second-order valence-corrected chi connectivity index (χ2v) is 5.43. The molecule has 0 fully saturated rings. The molecule has 1 heterocycles. The van der Waals surface area contributed by atoms with Crippen molar-refractivity contribution >= 4 is 23.4 Å². The van der Waals surface area contributed by atoms with Gasteiger partial charge in [0.2, 0.25) is 0 Å². The molecule has 1 aromatic heterocycles. The van der Waals surface area contributed by atoms with Crippen LogP contribution in [-0.2, 0) is 0 Å². The molecule has 0 radical (unpaired) electrons. The SMILES string of the molecule is CC(CCl)CSc1nccn(C(C)C)c1=O. The standard InChI is InChI=1S/C11H17ClN2OS/c1-8(2)14-5-4-13-10(11(14)15)16-7-9(3)6-12/h4-5,8-9H,6-7H2,1-3H3. The van der Waals surface area contributed by atoms with Gasteiger partial charge in [-0.2, -0.15) is 0 Å².